The van der Waals surface area contributed by atoms with E-state index in [9.17, 15) is 18.8 Å². The van der Waals surface area contributed by atoms with Gasteiger partial charge in [-0.3, -0.25) is 19.3 Å². The predicted octanol–water partition coefficient (Wildman–Crippen LogP) is 5.22. The van der Waals surface area contributed by atoms with Crippen LogP contribution in [-0.4, -0.2) is 33.1 Å². The Morgan fingerprint density at radius 2 is 1.76 bits per heavy atom. The van der Waals surface area contributed by atoms with Crippen LogP contribution in [0.1, 0.15) is 22.5 Å². The Hall–Kier alpha value is -3.65. The second-order valence-electron chi connectivity index (χ2n) is 7.80. The number of nitrogens with zero attached hydrogens (tertiary/aromatic N) is 2. The van der Waals surface area contributed by atoms with Gasteiger partial charge in [0.2, 0.25) is 5.91 Å². The molecule has 0 spiro atoms. The molecule has 0 unspecified atom stereocenters. The van der Waals surface area contributed by atoms with E-state index in [-0.39, 0.29) is 17.3 Å². The van der Waals surface area contributed by atoms with Crippen molar-refractivity contribution in [2.75, 3.05) is 11.9 Å². The molecule has 0 bridgehead atoms. The van der Waals surface area contributed by atoms with Crippen LogP contribution < -0.4 is 5.32 Å². The molecule has 0 saturated carbocycles. The molecular weight excluding hydrogens is 441 g/mol. The zero-order valence-electron chi connectivity index (χ0n) is 18.4. The first kappa shape index (κ1) is 22.5. The number of thioether (sulfide) groups is 1. The van der Waals surface area contributed by atoms with E-state index < -0.39 is 17.1 Å². The van der Waals surface area contributed by atoms with Crippen LogP contribution in [0.25, 0.3) is 11.8 Å². The molecule has 1 saturated heterocycles. The first-order chi connectivity index (χ1) is 15.7. The zero-order chi connectivity index (χ0) is 23.7. The maximum absolute atomic E-state index is 14.3. The molecule has 33 heavy (non-hydrogen) atoms. The Labute approximate surface area is 195 Å². The number of carbonyl (C=O) groups is 3. The van der Waals surface area contributed by atoms with Gasteiger partial charge < -0.3 is 9.88 Å². The highest BCUT2D eigenvalue weighted by molar-refractivity contribution is 8.18. The van der Waals surface area contributed by atoms with Gasteiger partial charge in [0, 0.05) is 17.1 Å². The van der Waals surface area contributed by atoms with E-state index in [0.29, 0.717) is 16.9 Å². The molecule has 1 aliphatic rings. The number of anilines is 1. The lowest BCUT2D eigenvalue weighted by Crippen LogP contribution is -2.36. The summed E-state index contributed by atoms with van der Waals surface area (Å²) in [5, 5.41) is 2.19. The third-order valence-electron chi connectivity index (χ3n) is 5.36. The number of amides is 3. The minimum Gasteiger partial charge on any atom is -0.325 e. The Bertz CT molecular complexity index is 1290. The smallest absolute Gasteiger partial charge is 0.294 e. The fourth-order valence-electron chi connectivity index (χ4n) is 3.70. The molecule has 0 radical (unpaired) electrons. The summed E-state index contributed by atoms with van der Waals surface area (Å²) in [6.45, 7) is 5.23. The average Bonchev–Trinajstić information content (AvgIpc) is 3.19. The number of hydrogen-bond donors (Lipinski definition) is 1. The van der Waals surface area contributed by atoms with Crippen LogP contribution in [0.15, 0.2) is 59.5 Å². The molecule has 1 fully saturated rings. The fraction of sp³-hybridized carbons (Fsp3) is 0.160. The number of carbonyl (C=O) groups excluding carboxylic acids is 3. The summed E-state index contributed by atoms with van der Waals surface area (Å²) in [4.78, 5) is 38.8. The zero-order valence-corrected chi connectivity index (χ0v) is 19.2. The second kappa shape index (κ2) is 9.07. The molecule has 4 rings (SSSR count). The SMILES string of the molecule is Cc1ccc(NC(=O)CN2C(=O)S/C(=C\c3cc(C)n(-c4ccccc4F)c3C)C2=O)cc1. The Balaban J connectivity index is 1.53. The topological polar surface area (TPSA) is 71.4 Å². The largest absolute Gasteiger partial charge is 0.325 e. The minimum absolute atomic E-state index is 0.219. The average molecular weight is 464 g/mol. The van der Waals surface area contributed by atoms with Crippen molar-refractivity contribution in [3.63, 3.8) is 0 Å². The Morgan fingerprint density at radius 1 is 1.06 bits per heavy atom. The highest BCUT2D eigenvalue weighted by Crippen LogP contribution is 2.34. The third-order valence-corrected chi connectivity index (χ3v) is 6.27. The van der Waals surface area contributed by atoms with Gasteiger partial charge in [-0.05, 0) is 74.5 Å². The number of halogens is 1. The van der Waals surface area contributed by atoms with Crippen LogP contribution in [0.2, 0.25) is 0 Å². The lowest BCUT2D eigenvalue weighted by molar-refractivity contribution is -0.127. The van der Waals surface area contributed by atoms with E-state index in [1.54, 1.807) is 41.0 Å². The Kier molecular flexibility index (Phi) is 6.20. The van der Waals surface area contributed by atoms with Gasteiger partial charge in [0.25, 0.3) is 11.1 Å². The minimum atomic E-state index is -0.528. The second-order valence-corrected chi connectivity index (χ2v) is 8.79. The van der Waals surface area contributed by atoms with E-state index in [1.807, 2.05) is 39.0 Å². The third kappa shape index (κ3) is 4.61. The van der Waals surface area contributed by atoms with Gasteiger partial charge in [-0.1, -0.05) is 29.8 Å². The molecule has 2 aromatic carbocycles. The van der Waals surface area contributed by atoms with Crippen molar-refractivity contribution in [2.45, 2.75) is 20.8 Å². The van der Waals surface area contributed by atoms with E-state index in [1.165, 1.54) is 6.07 Å². The van der Waals surface area contributed by atoms with Crippen LogP contribution in [0.3, 0.4) is 0 Å². The number of para-hydroxylation sites is 1. The van der Waals surface area contributed by atoms with Crippen molar-refractivity contribution >= 4 is 40.6 Å². The van der Waals surface area contributed by atoms with Crippen molar-refractivity contribution in [1.82, 2.24) is 9.47 Å². The summed E-state index contributed by atoms with van der Waals surface area (Å²) >= 11 is 0.785. The summed E-state index contributed by atoms with van der Waals surface area (Å²) in [5.74, 6) is -1.34. The molecule has 1 aromatic heterocycles. The predicted molar refractivity (Wildman–Crippen MR) is 128 cm³/mol. The maximum Gasteiger partial charge on any atom is 0.294 e. The number of rotatable bonds is 5. The lowest BCUT2D eigenvalue weighted by atomic mass is 10.2. The fourth-order valence-corrected chi connectivity index (χ4v) is 4.53. The van der Waals surface area contributed by atoms with Gasteiger partial charge >= 0.3 is 0 Å². The van der Waals surface area contributed by atoms with Crippen LogP contribution in [-0.2, 0) is 9.59 Å². The van der Waals surface area contributed by atoms with Gasteiger partial charge in [-0.25, -0.2) is 4.39 Å². The van der Waals surface area contributed by atoms with Crippen LogP contribution >= 0.6 is 11.8 Å². The van der Waals surface area contributed by atoms with E-state index in [0.717, 1.165) is 33.6 Å². The van der Waals surface area contributed by atoms with Gasteiger partial charge in [-0.2, -0.15) is 0 Å². The standard InChI is InChI=1S/C25H22FN3O3S/c1-15-8-10-19(11-9-15)27-23(30)14-28-24(31)22(33-25(28)32)13-18-12-16(2)29(17(18)3)21-7-5-4-6-20(21)26/h4-13H,14H2,1-3H3,(H,27,30)/b22-13-. The molecule has 0 atom stereocenters. The molecule has 0 aliphatic carbocycles. The number of hydrogen-bond acceptors (Lipinski definition) is 4. The van der Waals surface area contributed by atoms with Crippen LogP contribution in [0.4, 0.5) is 14.9 Å². The molecule has 6 nitrogen and oxygen atoms in total. The summed E-state index contributed by atoms with van der Waals surface area (Å²) < 4.78 is 16.1. The number of benzene rings is 2. The number of nitrogens with one attached hydrogen (secondary N) is 1. The van der Waals surface area contributed by atoms with Crippen molar-refractivity contribution in [2.24, 2.45) is 0 Å². The summed E-state index contributed by atoms with van der Waals surface area (Å²) in [5.41, 5.74) is 4.28. The van der Waals surface area contributed by atoms with E-state index in [4.69, 9.17) is 0 Å². The first-order valence-corrected chi connectivity index (χ1v) is 11.1. The number of aryl methyl sites for hydroxylation is 2. The van der Waals surface area contributed by atoms with Gasteiger partial charge in [0.05, 0.1) is 10.6 Å². The van der Waals surface area contributed by atoms with Gasteiger partial charge in [0.15, 0.2) is 0 Å². The quantitative estimate of drug-likeness (QED) is 0.527. The van der Waals surface area contributed by atoms with Crippen molar-refractivity contribution in [1.29, 1.82) is 0 Å². The van der Waals surface area contributed by atoms with Crippen molar-refractivity contribution < 1.29 is 18.8 Å². The molecule has 1 N–H and O–H groups in total. The molecule has 3 aromatic rings. The highest BCUT2D eigenvalue weighted by atomic mass is 32.2. The molecule has 3 amide bonds. The van der Waals surface area contributed by atoms with E-state index in [2.05, 4.69) is 5.32 Å². The maximum atomic E-state index is 14.3. The number of aromatic nitrogens is 1. The molecule has 8 heteroatoms. The molecule has 168 valence electrons. The summed E-state index contributed by atoms with van der Waals surface area (Å²) in [6.07, 6.45) is 1.61. The Morgan fingerprint density at radius 3 is 2.45 bits per heavy atom. The summed E-state index contributed by atoms with van der Waals surface area (Å²) in [6, 6.07) is 15.5. The van der Waals surface area contributed by atoms with Crippen molar-refractivity contribution in [3.05, 3.63) is 87.8 Å². The number of imide groups is 1. The summed E-state index contributed by atoms with van der Waals surface area (Å²) in [7, 11) is 0. The van der Waals surface area contributed by atoms with Gasteiger partial charge in [-0.15, -0.1) is 0 Å². The van der Waals surface area contributed by atoms with Crippen LogP contribution in [0.5, 0.6) is 0 Å². The monoisotopic (exact) mass is 463 g/mol. The normalized spacial score (nSPS) is 14.9. The molecule has 1 aliphatic heterocycles. The van der Waals surface area contributed by atoms with Crippen LogP contribution in [0, 0.1) is 26.6 Å². The first-order valence-electron chi connectivity index (χ1n) is 10.3. The van der Waals surface area contributed by atoms with Crippen molar-refractivity contribution in [3.8, 4) is 5.69 Å². The lowest BCUT2D eigenvalue weighted by Gasteiger charge is -2.12. The molecule has 2 heterocycles. The molecular formula is C25H22FN3O3S. The van der Waals surface area contributed by atoms with E-state index >= 15 is 0 Å². The highest BCUT2D eigenvalue weighted by Gasteiger charge is 2.36. The van der Waals surface area contributed by atoms with Gasteiger partial charge in [0.1, 0.15) is 12.4 Å².